The number of carbonyl (C=O) groups excluding carboxylic acids is 1. The van der Waals surface area contributed by atoms with Crippen LogP contribution in [-0.4, -0.2) is 48.9 Å². The van der Waals surface area contributed by atoms with Crippen LogP contribution in [0, 0.1) is 5.41 Å². The first-order chi connectivity index (χ1) is 10.8. The van der Waals surface area contributed by atoms with Gasteiger partial charge in [-0.1, -0.05) is 6.07 Å². The highest BCUT2D eigenvalue weighted by molar-refractivity contribution is 5.94. The topological polar surface area (TPSA) is 23.6 Å². The van der Waals surface area contributed by atoms with E-state index in [1.54, 1.807) is 4.90 Å². The SMILES string of the molecule is CN1CCCC2(CCN(C(=O)c3cccc(C(F)(F)F)c3)C2)C1. The van der Waals surface area contributed by atoms with Crippen LogP contribution in [0.2, 0.25) is 0 Å². The second-order valence-corrected chi connectivity index (χ2v) is 6.90. The molecule has 1 atom stereocenters. The molecule has 2 heterocycles. The second kappa shape index (κ2) is 5.82. The van der Waals surface area contributed by atoms with Crippen molar-refractivity contribution in [2.45, 2.75) is 25.4 Å². The van der Waals surface area contributed by atoms with Crippen molar-refractivity contribution in [3.63, 3.8) is 0 Å². The highest BCUT2D eigenvalue weighted by Crippen LogP contribution is 2.39. The zero-order chi connectivity index (χ0) is 16.7. The van der Waals surface area contributed by atoms with Gasteiger partial charge in [-0.15, -0.1) is 0 Å². The summed E-state index contributed by atoms with van der Waals surface area (Å²) in [7, 11) is 2.08. The highest BCUT2D eigenvalue weighted by Gasteiger charge is 2.42. The molecule has 1 amide bonds. The second-order valence-electron chi connectivity index (χ2n) is 6.90. The summed E-state index contributed by atoms with van der Waals surface area (Å²) in [6.45, 7) is 3.30. The van der Waals surface area contributed by atoms with Crippen molar-refractivity contribution in [2.75, 3.05) is 33.2 Å². The van der Waals surface area contributed by atoms with Gasteiger partial charge < -0.3 is 9.80 Å². The predicted octanol–water partition coefficient (Wildman–Crippen LogP) is 3.26. The van der Waals surface area contributed by atoms with Gasteiger partial charge in [0.05, 0.1) is 5.56 Å². The lowest BCUT2D eigenvalue weighted by Gasteiger charge is -2.38. The molecule has 1 spiro atoms. The number of piperidine rings is 1. The Morgan fingerprint density at radius 3 is 2.65 bits per heavy atom. The Hall–Kier alpha value is -1.56. The van der Waals surface area contributed by atoms with Crippen LogP contribution in [0.15, 0.2) is 24.3 Å². The monoisotopic (exact) mass is 326 g/mol. The average molecular weight is 326 g/mol. The molecule has 1 aromatic carbocycles. The minimum atomic E-state index is -4.42. The molecular formula is C17H21F3N2O. The molecule has 0 aliphatic carbocycles. The molecule has 3 rings (SSSR count). The summed E-state index contributed by atoms with van der Waals surface area (Å²) in [6, 6.07) is 4.73. The number of halogens is 3. The van der Waals surface area contributed by atoms with Crippen molar-refractivity contribution < 1.29 is 18.0 Å². The first kappa shape index (κ1) is 16.3. The molecule has 0 saturated carbocycles. The molecule has 6 heteroatoms. The molecular weight excluding hydrogens is 305 g/mol. The van der Waals surface area contributed by atoms with Crippen LogP contribution in [0.1, 0.15) is 35.2 Å². The lowest BCUT2D eigenvalue weighted by Crippen LogP contribution is -2.43. The van der Waals surface area contributed by atoms with Crippen LogP contribution in [-0.2, 0) is 6.18 Å². The number of rotatable bonds is 1. The van der Waals surface area contributed by atoms with Crippen molar-refractivity contribution in [3.05, 3.63) is 35.4 Å². The minimum absolute atomic E-state index is 0.115. The molecule has 23 heavy (non-hydrogen) atoms. The third kappa shape index (κ3) is 3.37. The van der Waals surface area contributed by atoms with Crippen LogP contribution >= 0.6 is 0 Å². The largest absolute Gasteiger partial charge is 0.416 e. The molecule has 3 nitrogen and oxygen atoms in total. The molecule has 0 radical (unpaired) electrons. The fourth-order valence-corrected chi connectivity index (χ4v) is 3.91. The Balaban J connectivity index is 1.75. The molecule has 0 N–H and O–H groups in total. The molecule has 2 aliphatic rings. The summed E-state index contributed by atoms with van der Waals surface area (Å²) in [5.74, 6) is -0.291. The van der Waals surface area contributed by atoms with Gasteiger partial charge in [0.2, 0.25) is 0 Å². The number of amides is 1. The smallest absolute Gasteiger partial charge is 0.338 e. The third-order valence-electron chi connectivity index (χ3n) is 5.01. The van der Waals surface area contributed by atoms with Gasteiger partial charge in [0.25, 0.3) is 5.91 Å². The number of carbonyl (C=O) groups is 1. The highest BCUT2D eigenvalue weighted by atomic mass is 19.4. The van der Waals surface area contributed by atoms with Crippen molar-refractivity contribution in [3.8, 4) is 0 Å². The van der Waals surface area contributed by atoms with Crippen LogP contribution in [0.5, 0.6) is 0 Å². The Labute approximate surface area is 134 Å². The quantitative estimate of drug-likeness (QED) is 0.791. The Bertz CT molecular complexity index is 602. The zero-order valence-corrected chi connectivity index (χ0v) is 13.2. The Morgan fingerprint density at radius 1 is 1.17 bits per heavy atom. The van der Waals surface area contributed by atoms with E-state index in [0.29, 0.717) is 13.1 Å². The van der Waals surface area contributed by atoms with Gasteiger partial charge in [-0.25, -0.2) is 0 Å². The van der Waals surface area contributed by atoms with E-state index in [2.05, 4.69) is 11.9 Å². The van der Waals surface area contributed by atoms with Crippen molar-refractivity contribution >= 4 is 5.91 Å². The molecule has 2 aliphatic heterocycles. The van der Waals surface area contributed by atoms with E-state index in [1.165, 1.54) is 12.1 Å². The predicted molar refractivity (Wildman–Crippen MR) is 81.1 cm³/mol. The average Bonchev–Trinajstić information content (AvgIpc) is 2.89. The number of hydrogen-bond donors (Lipinski definition) is 0. The van der Waals surface area contributed by atoms with Crippen LogP contribution in [0.25, 0.3) is 0 Å². The van der Waals surface area contributed by atoms with Gasteiger partial charge in [-0.3, -0.25) is 4.79 Å². The summed E-state index contributed by atoms with van der Waals surface area (Å²) < 4.78 is 38.4. The maximum atomic E-state index is 12.8. The van der Waals surface area contributed by atoms with Gasteiger partial charge in [0.15, 0.2) is 0 Å². The number of hydrogen-bond acceptors (Lipinski definition) is 2. The van der Waals surface area contributed by atoms with Gasteiger partial charge >= 0.3 is 6.18 Å². The van der Waals surface area contributed by atoms with Crippen LogP contribution in [0.4, 0.5) is 13.2 Å². The van der Waals surface area contributed by atoms with E-state index >= 15 is 0 Å². The van der Waals surface area contributed by atoms with E-state index < -0.39 is 11.7 Å². The molecule has 2 saturated heterocycles. The van der Waals surface area contributed by atoms with Gasteiger partial charge in [-0.2, -0.15) is 13.2 Å². The van der Waals surface area contributed by atoms with E-state index in [4.69, 9.17) is 0 Å². The number of alkyl halides is 3. The Morgan fingerprint density at radius 2 is 1.96 bits per heavy atom. The number of nitrogens with zero attached hydrogens (tertiary/aromatic N) is 2. The first-order valence-electron chi connectivity index (χ1n) is 7.94. The minimum Gasteiger partial charge on any atom is -0.338 e. The van der Waals surface area contributed by atoms with Gasteiger partial charge in [0.1, 0.15) is 0 Å². The third-order valence-corrected chi connectivity index (χ3v) is 5.01. The van der Waals surface area contributed by atoms with Crippen molar-refractivity contribution in [1.82, 2.24) is 9.80 Å². The van der Waals surface area contributed by atoms with Gasteiger partial charge in [0, 0.05) is 30.6 Å². The number of benzene rings is 1. The fraction of sp³-hybridized carbons (Fsp3) is 0.588. The molecule has 1 aromatic rings. The van der Waals surface area contributed by atoms with Crippen LogP contribution in [0.3, 0.4) is 0 Å². The molecule has 2 fully saturated rings. The van der Waals surface area contributed by atoms with Crippen LogP contribution < -0.4 is 0 Å². The maximum Gasteiger partial charge on any atom is 0.416 e. The molecule has 0 bridgehead atoms. The van der Waals surface area contributed by atoms with Gasteiger partial charge in [-0.05, 0) is 51.1 Å². The standard InChI is InChI=1S/C17H21F3N2O/c1-21-8-3-6-16(11-21)7-9-22(12-16)15(23)13-4-2-5-14(10-13)17(18,19)20/h2,4-5,10H,3,6-9,11-12H2,1H3. The van der Waals surface area contributed by atoms with E-state index in [9.17, 15) is 18.0 Å². The molecule has 126 valence electrons. The zero-order valence-electron chi connectivity index (χ0n) is 13.2. The Kier molecular flexibility index (Phi) is 4.12. The van der Waals surface area contributed by atoms with Crippen molar-refractivity contribution in [2.24, 2.45) is 5.41 Å². The molecule has 1 unspecified atom stereocenters. The first-order valence-corrected chi connectivity index (χ1v) is 7.94. The lowest BCUT2D eigenvalue weighted by atomic mass is 9.79. The summed E-state index contributed by atoms with van der Waals surface area (Å²) in [6.07, 6.45) is -1.29. The van der Waals surface area contributed by atoms with E-state index in [-0.39, 0.29) is 16.9 Å². The van der Waals surface area contributed by atoms with Crippen molar-refractivity contribution in [1.29, 1.82) is 0 Å². The van der Waals surface area contributed by atoms with E-state index in [1.807, 2.05) is 0 Å². The lowest BCUT2D eigenvalue weighted by molar-refractivity contribution is -0.137. The summed E-state index contributed by atoms with van der Waals surface area (Å²) >= 11 is 0. The summed E-state index contributed by atoms with van der Waals surface area (Å²) in [5, 5.41) is 0. The number of likely N-dealkylation sites (tertiary alicyclic amines) is 2. The maximum absolute atomic E-state index is 12.8. The van der Waals surface area contributed by atoms with E-state index in [0.717, 1.165) is 44.5 Å². The fourth-order valence-electron chi connectivity index (χ4n) is 3.91. The summed E-state index contributed by atoms with van der Waals surface area (Å²) in [5.41, 5.74) is -0.527. The summed E-state index contributed by atoms with van der Waals surface area (Å²) in [4.78, 5) is 16.6. The molecule has 0 aromatic heterocycles. The normalized spacial score (nSPS) is 26.0.